The van der Waals surface area contributed by atoms with Gasteiger partial charge >= 0.3 is 0 Å². The summed E-state index contributed by atoms with van der Waals surface area (Å²) in [5, 5.41) is 0.359. The average molecular weight is 250 g/mol. The first kappa shape index (κ1) is 14.1. The van der Waals surface area contributed by atoms with Crippen LogP contribution in [-0.2, 0) is 9.53 Å². The van der Waals surface area contributed by atoms with Crippen LogP contribution in [-0.4, -0.2) is 26.7 Å². The van der Waals surface area contributed by atoms with E-state index in [1.54, 1.807) is 7.11 Å². The predicted molar refractivity (Wildman–Crippen MR) is 74.0 cm³/mol. The van der Waals surface area contributed by atoms with Gasteiger partial charge in [-0.25, -0.2) is 0 Å². The zero-order chi connectivity index (χ0) is 13.1. The Balaban J connectivity index is 3.10. The molecule has 0 aromatic heterocycles. The van der Waals surface area contributed by atoms with Crippen LogP contribution in [0.2, 0.25) is 19.6 Å². The highest BCUT2D eigenvalue weighted by molar-refractivity contribution is 7.04. The molecule has 0 radical (unpaired) electrons. The summed E-state index contributed by atoms with van der Waals surface area (Å²) in [7, 11) is -0.140. The first-order chi connectivity index (χ1) is 7.88. The largest absolute Gasteiger partial charge is 0.381 e. The van der Waals surface area contributed by atoms with E-state index in [1.165, 1.54) is 0 Å². The standard InChI is InChI=1S/C14H22O2Si/c1-11(16-2)13(14(15)17(3,4)5)12-9-7-6-8-10-12/h6-11,13H,1-5H3/t11-,13+/m0/s1. The Morgan fingerprint density at radius 1 is 1.18 bits per heavy atom. The second-order valence-corrected chi connectivity index (χ2v) is 10.4. The minimum absolute atomic E-state index is 0.0726. The van der Waals surface area contributed by atoms with Crippen molar-refractivity contribution in [3.05, 3.63) is 35.9 Å². The van der Waals surface area contributed by atoms with Crippen LogP contribution in [0, 0.1) is 0 Å². The number of ether oxygens (including phenoxy) is 1. The maximum atomic E-state index is 12.5. The topological polar surface area (TPSA) is 26.3 Å². The molecule has 3 heteroatoms. The van der Waals surface area contributed by atoms with Gasteiger partial charge in [-0.1, -0.05) is 50.0 Å². The van der Waals surface area contributed by atoms with Gasteiger partial charge in [0, 0.05) is 7.11 Å². The van der Waals surface area contributed by atoms with E-state index in [0.717, 1.165) is 5.56 Å². The Morgan fingerprint density at radius 2 is 1.71 bits per heavy atom. The van der Waals surface area contributed by atoms with Gasteiger partial charge in [-0.05, 0) is 12.5 Å². The SMILES string of the molecule is CO[C@@H](C)[C@@H](C(=O)[Si](C)(C)C)c1ccccc1. The number of methoxy groups -OCH3 is 1. The van der Waals surface area contributed by atoms with Crippen molar-refractivity contribution in [2.75, 3.05) is 7.11 Å². The van der Waals surface area contributed by atoms with E-state index in [9.17, 15) is 4.79 Å². The van der Waals surface area contributed by atoms with E-state index < -0.39 is 8.07 Å². The second kappa shape index (κ2) is 5.60. The van der Waals surface area contributed by atoms with Crippen molar-refractivity contribution in [2.45, 2.75) is 38.6 Å². The van der Waals surface area contributed by atoms with Crippen LogP contribution in [0.3, 0.4) is 0 Å². The van der Waals surface area contributed by atoms with Crippen molar-refractivity contribution in [1.82, 2.24) is 0 Å². The van der Waals surface area contributed by atoms with Gasteiger partial charge in [0.1, 0.15) is 13.5 Å². The van der Waals surface area contributed by atoms with Crippen LogP contribution >= 0.6 is 0 Å². The molecule has 1 aromatic rings. The van der Waals surface area contributed by atoms with Crippen LogP contribution < -0.4 is 0 Å². The summed E-state index contributed by atoms with van der Waals surface area (Å²) in [6.07, 6.45) is -0.0726. The molecule has 0 fully saturated rings. The molecule has 0 aliphatic rings. The zero-order valence-electron chi connectivity index (χ0n) is 11.4. The van der Waals surface area contributed by atoms with Gasteiger partial charge in [0.05, 0.1) is 12.0 Å². The van der Waals surface area contributed by atoms with Crippen molar-refractivity contribution in [3.63, 3.8) is 0 Å². The summed E-state index contributed by atoms with van der Waals surface area (Å²) in [6, 6.07) is 9.94. The second-order valence-electron chi connectivity index (χ2n) is 5.44. The van der Waals surface area contributed by atoms with Crippen LogP contribution in [0.1, 0.15) is 18.4 Å². The highest BCUT2D eigenvalue weighted by Crippen LogP contribution is 2.26. The van der Waals surface area contributed by atoms with Crippen LogP contribution in [0.4, 0.5) is 0 Å². The quantitative estimate of drug-likeness (QED) is 0.750. The molecule has 0 N–H and O–H groups in total. The lowest BCUT2D eigenvalue weighted by Gasteiger charge is -2.27. The molecule has 0 saturated heterocycles. The van der Waals surface area contributed by atoms with E-state index in [0.29, 0.717) is 5.41 Å². The molecule has 0 aliphatic carbocycles. The summed E-state index contributed by atoms with van der Waals surface area (Å²) in [6.45, 7) is 8.24. The van der Waals surface area contributed by atoms with Crippen LogP contribution in [0.25, 0.3) is 0 Å². The number of rotatable bonds is 5. The summed E-state index contributed by atoms with van der Waals surface area (Å²) in [5.41, 5.74) is 1.06. The molecule has 0 heterocycles. The van der Waals surface area contributed by atoms with Crippen molar-refractivity contribution in [1.29, 1.82) is 0 Å². The molecular formula is C14H22O2Si. The number of hydrogen-bond acceptors (Lipinski definition) is 2. The molecule has 0 unspecified atom stereocenters. The Kier molecular flexibility index (Phi) is 4.66. The Bertz CT molecular complexity index is 368. The summed E-state index contributed by atoms with van der Waals surface area (Å²) >= 11 is 0. The third kappa shape index (κ3) is 3.51. The lowest BCUT2D eigenvalue weighted by Crippen LogP contribution is -2.41. The smallest absolute Gasteiger partial charge is 0.124 e. The van der Waals surface area contributed by atoms with Crippen molar-refractivity contribution < 1.29 is 9.53 Å². The lowest BCUT2D eigenvalue weighted by molar-refractivity contribution is -0.116. The van der Waals surface area contributed by atoms with Crippen LogP contribution in [0.15, 0.2) is 30.3 Å². The number of hydrogen-bond donors (Lipinski definition) is 0. The fourth-order valence-corrected chi connectivity index (χ4v) is 3.23. The Labute approximate surface area is 105 Å². The molecule has 0 bridgehead atoms. The molecular weight excluding hydrogens is 228 g/mol. The molecule has 0 saturated carbocycles. The van der Waals surface area contributed by atoms with E-state index in [2.05, 4.69) is 19.6 Å². The molecule has 0 aliphatic heterocycles. The molecule has 0 amide bonds. The summed E-state index contributed by atoms with van der Waals surface area (Å²) in [5.74, 6) is -0.132. The molecule has 1 aromatic carbocycles. The first-order valence-corrected chi connectivity index (χ1v) is 9.50. The molecule has 2 nitrogen and oxygen atoms in total. The highest BCUT2D eigenvalue weighted by atomic mass is 28.3. The summed E-state index contributed by atoms with van der Waals surface area (Å²) in [4.78, 5) is 12.5. The number of benzene rings is 1. The lowest BCUT2D eigenvalue weighted by atomic mass is 9.95. The molecule has 2 atom stereocenters. The predicted octanol–water partition coefficient (Wildman–Crippen LogP) is 3.25. The van der Waals surface area contributed by atoms with Gasteiger partial charge in [-0.2, -0.15) is 0 Å². The zero-order valence-corrected chi connectivity index (χ0v) is 12.4. The molecule has 1 rings (SSSR count). The van der Waals surface area contributed by atoms with Gasteiger partial charge in [0.15, 0.2) is 0 Å². The van der Waals surface area contributed by atoms with Gasteiger partial charge in [-0.3, -0.25) is 0 Å². The fourth-order valence-electron chi connectivity index (χ4n) is 1.90. The van der Waals surface area contributed by atoms with Crippen LogP contribution in [0.5, 0.6) is 0 Å². The van der Waals surface area contributed by atoms with E-state index >= 15 is 0 Å². The maximum Gasteiger partial charge on any atom is 0.124 e. The van der Waals surface area contributed by atoms with Gasteiger partial charge in [-0.15, -0.1) is 0 Å². The third-order valence-corrected chi connectivity index (χ3v) is 4.81. The Hall–Kier alpha value is -0.933. The highest BCUT2D eigenvalue weighted by Gasteiger charge is 2.35. The third-order valence-electron chi connectivity index (χ3n) is 3.02. The maximum absolute atomic E-state index is 12.5. The summed E-state index contributed by atoms with van der Waals surface area (Å²) < 4.78 is 5.38. The molecule has 17 heavy (non-hydrogen) atoms. The fraction of sp³-hybridized carbons (Fsp3) is 0.500. The van der Waals surface area contributed by atoms with E-state index in [-0.39, 0.29) is 12.0 Å². The normalized spacial score (nSPS) is 15.4. The Morgan fingerprint density at radius 3 is 2.12 bits per heavy atom. The monoisotopic (exact) mass is 250 g/mol. The first-order valence-electron chi connectivity index (χ1n) is 6.00. The van der Waals surface area contributed by atoms with Crippen molar-refractivity contribution in [2.24, 2.45) is 0 Å². The van der Waals surface area contributed by atoms with Crippen molar-refractivity contribution in [3.8, 4) is 0 Å². The average Bonchev–Trinajstić information content (AvgIpc) is 2.29. The van der Waals surface area contributed by atoms with E-state index in [4.69, 9.17) is 4.74 Å². The minimum atomic E-state index is -1.80. The molecule has 0 spiro atoms. The molecule has 94 valence electrons. The van der Waals surface area contributed by atoms with E-state index in [1.807, 2.05) is 37.3 Å². The van der Waals surface area contributed by atoms with Gasteiger partial charge in [0.2, 0.25) is 0 Å². The number of carbonyl (C=O) groups is 1. The van der Waals surface area contributed by atoms with Crippen molar-refractivity contribution >= 4 is 13.5 Å². The number of carbonyl (C=O) groups excluding carboxylic acids is 1. The van der Waals surface area contributed by atoms with Gasteiger partial charge in [0.25, 0.3) is 0 Å². The van der Waals surface area contributed by atoms with Gasteiger partial charge < -0.3 is 9.53 Å². The minimum Gasteiger partial charge on any atom is -0.381 e.